The van der Waals surface area contributed by atoms with Crippen molar-refractivity contribution in [3.05, 3.63) is 54.1 Å². The van der Waals surface area contributed by atoms with Crippen LogP contribution in [0.4, 0.5) is 0 Å². The van der Waals surface area contributed by atoms with Crippen LogP contribution in [0.25, 0.3) is 5.69 Å². The second kappa shape index (κ2) is 6.64. The first-order valence-corrected chi connectivity index (χ1v) is 6.47. The highest BCUT2D eigenvalue weighted by Crippen LogP contribution is 2.02. The molecule has 98 valence electrons. The normalized spacial score (nSPS) is 11.5. The third-order valence-corrected chi connectivity index (χ3v) is 2.72. The van der Waals surface area contributed by atoms with Crippen molar-refractivity contribution < 1.29 is 4.79 Å². The zero-order valence-electron chi connectivity index (χ0n) is 11.0. The maximum absolute atomic E-state index is 11.5. The SMILES string of the molecule is CCCCC(=O)N=c1ccn(-c2ccccc2)nc1. The molecule has 0 aliphatic rings. The molecule has 0 fully saturated rings. The van der Waals surface area contributed by atoms with E-state index >= 15 is 0 Å². The van der Waals surface area contributed by atoms with E-state index < -0.39 is 0 Å². The minimum absolute atomic E-state index is 0.0823. The number of para-hydroxylation sites is 1. The van der Waals surface area contributed by atoms with Crippen molar-refractivity contribution in [3.63, 3.8) is 0 Å². The molecule has 1 aromatic heterocycles. The molecule has 0 aliphatic heterocycles. The highest BCUT2D eigenvalue weighted by molar-refractivity contribution is 5.76. The predicted octanol–water partition coefficient (Wildman–Crippen LogP) is 2.49. The van der Waals surface area contributed by atoms with E-state index in [0.29, 0.717) is 11.8 Å². The molecule has 0 aliphatic carbocycles. The number of hydrogen-bond donors (Lipinski definition) is 0. The monoisotopic (exact) mass is 255 g/mol. The summed E-state index contributed by atoms with van der Waals surface area (Å²) in [5.74, 6) is -0.0823. The van der Waals surface area contributed by atoms with E-state index in [0.717, 1.165) is 18.5 Å². The van der Waals surface area contributed by atoms with Crippen molar-refractivity contribution in [2.75, 3.05) is 0 Å². The van der Waals surface area contributed by atoms with E-state index in [2.05, 4.69) is 17.0 Å². The largest absolute Gasteiger partial charge is 0.273 e. The van der Waals surface area contributed by atoms with Crippen LogP contribution in [0.5, 0.6) is 0 Å². The van der Waals surface area contributed by atoms with E-state index in [1.165, 1.54) is 0 Å². The van der Waals surface area contributed by atoms with Gasteiger partial charge in [-0.2, -0.15) is 5.10 Å². The molecule has 0 spiro atoms. The Morgan fingerprint density at radius 1 is 1.26 bits per heavy atom. The van der Waals surface area contributed by atoms with Gasteiger partial charge in [-0.3, -0.25) is 4.79 Å². The molecule has 19 heavy (non-hydrogen) atoms. The summed E-state index contributed by atoms with van der Waals surface area (Å²) >= 11 is 0. The van der Waals surface area contributed by atoms with Crippen LogP contribution in [-0.2, 0) is 4.79 Å². The fraction of sp³-hybridized carbons (Fsp3) is 0.267. The van der Waals surface area contributed by atoms with Crippen LogP contribution in [0, 0.1) is 0 Å². The van der Waals surface area contributed by atoms with Gasteiger partial charge in [0.2, 0.25) is 5.91 Å². The van der Waals surface area contributed by atoms with Crippen molar-refractivity contribution >= 4 is 5.91 Å². The molecule has 2 aromatic rings. The Morgan fingerprint density at radius 3 is 2.68 bits per heavy atom. The van der Waals surface area contributed by atoms with Crippen molar-refractivity contribution in [2.24, 2.45) is 4.99 Å². The van der Waals surface area contributed by atoms with Gasteiger partial charge in [-0.05, 0) is 24.6 Å². The van der Waals surface area contributed by atoms with E-state index in [9.17, 15) is 4.79 Å². The molecule has 0 radical (unpaired) electrons. The average molecular weight is 255 g/mol. The Kier molecular flexibility index (Phi) is 4.61. The molecule has 1 aromatic carbocycles. The predicted molar refractivity (Wildman–Crippen MR) is 73.7 cm³/mol. The average Bonchev–Trinajstić information content (AvgIpc) is 2.47. The van der Waals surface area contributed by atoms with E-state index in [1.807, 2.05) is 30.3 Å². The lowest BCUT2D eigenvalue weighted by atomic mass is 10.2. The summed E-state index contributed by atoms with van der Waals surface area (Å²) < 4.78 is 1.75. The summed E-state index contributed by atoms with van der Waals surface area (Å²) in [7, 11) is 0. The van der Waals surface area contributed by atoms with Gasteiger partial charge < -0.3 is 0 Å². The number of hydrogen-bond acceptors (Lipinski definition) is 2. The van der Waals surface area contributed by atoms with Crippen molar-refractivity contribution in [2.45, 2.75) is 26.2 Å². The smallest absolute Gasteiger partial charge is 0.246 e. The van der Waals surface area contributed by atoms with Gasteiger partial charge in [0.05, 0.1) is 17.2 Å². The molecule has 4 nitrogen and oxygen atoms in total. The third kappa shape index (κ3) is 3.88. The fourth-order valence-corrected chi connectivity index (χ4v) is 1.68. The molecule has 1 heterocycles. The van der Waals surface area contributed by atoms with Crippen LogP contribution >= 0.6 is 0 Å². The van der Waals surface area contributed by atoms with Crippen molar-refractivity contribution in [1.82, 2.24) is 9.78 Å². The molecule has 0 saturated heterocycles. The summed E-state index contributed by atoms with van der Waals surface area (Å²) in [5, 5.41) is 4.86. The van der Waals surface area contributed by atoms with Crippen LogP contribution in [-0.4, -0.2) is 15.7 Å². The molecule has 0 bridgehead atoms. The minimum atomic E-state index is -0.0823. The summed E-state index contributed by atoms with van der Waals surface area (Å²) in [6.07, 6.45) is 5.80. The number of benzene rings is 1. The summed E-state index contributed by atoms with van der Waals surface area (Å²) in [4.78, 5) is 15.5. The molecule has 2 rings (SSSR count). The zero-order valence-corrected chi connectivity index (χ0v) is 11.0. The first kappa shape index (κ1) is 13.2. The van der Waals surface area contributed by atoms with Gasteiger partial charge in [-0.1, -0.05) is 31.5 Å². The molecular formula is C15H17N3O. The number of carbonyl (C=O) groups excluding carboxylic acids is 1. The topological polar surface area (TPSA) is 47.2 Å². The number of nitrogens with zero attached hydrogens (tertiary/aromatic N) is 3. The van der Waals surface area contributed by atoms with Crippen molar-refractivity contribution in [1.29, 1.82) is 0 Å². The highest BCUT2D eigenvalue weighted by Gasteiger charge is 1.97. The van der Waals surface area contributed by atoms with Gasteiger partial charge in [0.25, 0.3) is 0 Å². The van der Waals surface area contributed by atoms with E-state index in [-0.39, 0.29) is 5.91 Å². The zero-order chi connectivity index (χ0) is 13.5. The Hall–Kier alpha value is -2.23. The molecule has 0 saturated carbocycles. The third-order valence-electron chi connectivity index (χ3n) is 2.72. The van der Waals surface area contributed by atoms with Crippen LogP contribution in [0.3, 0.4) is 0 Å². The van der Waals surface area contributed by atoms with Crippen molar-refractivity contribution in [3.8, 4) is 5.69 Å². The second-order valence-electron chi connectivity index (χ2n) is 4.27. The highest BCUT2D eigenvalue weighted by atomic mass is 16.1. The molecule has 4 heteroatoms. The Bertz CT molecular complexity index is 582. The minimum Gasteiger partial charge on any atom is -0.273 e. The maximum atomic E-state index is 11.5. The summed E-state index contributed by atoms with van der Waals surface area (Å²) in [5.41, 5.74) is 0.978. The summed E-state index contributed by atoms with van der Waals surface area (Å²) in [6.45, 7) is 2.06. The lowest BCUT2D eigenvalue weighted by Gasteiger charge is -2.03. The first-order chi connectivity index (χ1) is 9.29. The standard InChI is InChI=1S/C15H17N3O/c1-2-3-9-15(19)17-13-10-11-18(16-12-13)14-7-5-4-6-8-14/h4-8,10-12H,2-3,9H2,1H3. The number of carbonyl (C=O) groups is 1. The Morgan fingerprint density at radius 2 is 2.05 bits per heavy atom. The van der Waals surface area contributed by atoms with Crippen LogP contribution < -0.4 is 5.36 Å². The number of amides is 1. The number of unbranched alkanes of at least 4 members (excludes halogenated alkanes) is 1. The van der Waals surface area contributed by atoms with Gasteiger partial charge in [-0.25, -0.2) is 9.67 Å². The lowest BCUT2D eigenvalue weighted by Crippen LogP contribution is -2.11. The number of rotatable bonds is 4. The van der Waals surface area contributed by atoms with Crippen LogP contribution in [0.1, 0.15) is 26.2 Å². The molecular weight excluding hydrogens is 238 g/mol. The maximum Gasteiger partial charge on any atom is 0.246 e. The molecule has 1 amide bonds. The number of aromatic nitrogens is 2. The van der Waals surface area contributed by atoms with Crippen LogP contribution in [0.15, 0.2) is 53.8 Å². The van der Waals surface area contributed by atoms with Gasteiger partial charge in [0.1, 0.15) is 0 Å². The van der Waals surface area contributed by atoms with E-state index in [1.54, 1.807) is 23.1 Å². The van der Waals surface area contributed by atoms with Gasteiger partial charge in [0.15, 0.2) is 0 Å². The second-order valence-corrected chi connectivity index (χ2v) is 4.27. The Labute approximate surface area is 112 Å². The Balaban J connectivity index is 2.15. The summed E-state index contributed by atoms with van der Waals surface area (Å²) in [6, 6.07) is 11.6. The van der Waals surface area contributed by atoms with E-state index in [4.69, 9.17) is 0 Å². The van der Waals surface area contributed by atoms with Gasteiger partial charge in [0, 0.05) is 12.6 Å². The van der Waals surface area contributed by atoms with Crippen LogP contribution in [0.2, 0.25) is 0 Å². The lowest BCUT2D eigenvalue weighted by molar-refractivity contribution is -0.118. The quantitative estimate of drug-likeness (QED) is 0.842. The molecule has 0 N–H and O–H groups in total. The van der Waals surface area contributed by atoms with Gasteiger partial charge >= 0.3 is 0 Å². The molecule has 0 unspecified atom stereocenters. The molecule has 0 atom stereocenters. The van der Waals surface area contributed by atoms with Gasteiger partial charge in [-0.15, -0.1) is 0 Å². The fourth-order valence-electron chi connectivity index (χ4n) is 1.68. The first-order valence-electron chi connectivity index (χ1n) is 6.47.